The third kappa shape index (κ3) is 2.66. The van der Waals surface area contributed by atoms with Crippen LogP contribution >= 0.6 is 0 Å². The molecule has 0 aliphatic carbocycles. The fraction of sp³-hybridized carbons (Fsp3) is 0.500. The van der Waals surface area contributed by atoms with Crippen molar-refractivity contribution in [1.29, 1.82) is 0 Å². The zero-order chi connectivity index (χ0) is 10.6. The number of phenols is 1. The molecule has 0 aliphatic rings. The first-order valence-electron chi connectivity index (χ1n) is 5.07. The molecule has 0 saturated carbocycles. The van der Waals surface area contributed by atoms with Crippen LogP contribution in [0.3, 0.4) is 0 Å². The summed E-state index contributed by atoms with van der Waals surface area (Å²) in [6.07, 6.45) is 1.91. The molecule has 1 aromatic carbocycles. The number of phenolic OH excluding ortho intramolecular Hbond substituents is 1. The molecule has 2 nitrogen and oxygen atoms in total. The summed E-state index contributed by atoms with van der Waals surface area (Å²) in [5, 5.41) is 9.28. The molecule has 0 aromatic heterocycles. The highest BCUT2D eigenvalue weighted by Crippen LogP contribution is 2.26. The van der Waals surface area contributed by atoms with Gasteiger partial charge in [-0.3, -0.25) is 0 Å². The molecule has 0 unspecified atom stereocenters. The summed E-state index contributed by atoms with van der Waals surface area (Å²) >= 11 is 0. The van der Waals surface area contributed by atoms with E-state index in [2.05, 4.69) is 20.8 Å². The van der Waals surface area contributed by atoms with Crippen molar-refractivity contribution in [2.75, 3.05) is 0 Å². The molecule has 0 heterocycles. The fourth-order valence-electron chi connectivity index (χ4n) is 1.23. The maximum atomic E-state index is 9.28. The standard InChI is InChI=1S/C12H18O2/c1-4-12(3,5-2)14-11-8-6-7-10(13)9-11/h6-9,13H,4-5H2,1-3H3. The number of hydrogen-bond donors (Lipinski definition) is 1. The highest BCUT2D eigenvalue weighted by atomic mass is 16.5. The van der Waals surface area contributed by atoms with Crippen LogP contribution in [0.1, 0.15) is 33.6 Å². The van der Waals surface area contributed by atoms with Gasteiger partial charge in [-0.1, -0.05) is 19.9 Å². The van der Waals surface area contributed by atoms with Crippen molar-refractivity contribution in [2.45, 2.75) is 39.2 Å². The normalized spacial score (nSPS) is 11.4. The van der Waals surface area contributed by atoms with E-state index < -0.39 is 0 Å². The first kappa shape index (κ1) is 10.9. The Kier molecular flexibility index (Phi) is 3.39. The molecule has 0 fully saturated rings. The van der Waals surface area contributed by atoms with Gasteiger partial charge in [0.1, 0.15) is 17.1 Å². The topological polar surface area (TPSA) is 29.5 Å². The van der Waals surface area contributed by atoms with Gasteiger partial charge in [-0.15, -0.1) is 0 Å². The Morgan fingerprint density at radius 2 is 1.93 bits per heavy atom. The lowest BCUT2D eigenvalue weighted by atomic mass is 10.00. The molecular weight excluding hydrogens is 176 g/mol. The first-order valence-corrected chi connectivity index (χ1v) is 5.07. The lowest BCUT2D eigenvalue weighted by molar-refractivity contribution is 0.0800. The summed E-state index contributed by atoms with van der Waals surface area (Å²) in [6.45, 7) is 6.29. The van der Waals surface area contributed by atoms with E-state index in [1.54, 1.807) is 18.2 Å². The third-order valence-electron chi connectivity index (χ3n) is 2.68. The second-order valence-electron chi connectivity index (χ2n) is 3.76. The maximum absolute atomic E-state index is 9.28. The largest absolute Gasteiger partial charge is 0.508 e. The highest BCUT2D eigenvalue weighted by molar-refractivity contribution is 5.32. The minimum Gasteiger partial charge on any atom is -0.508 e. The molecule has 0 atom stereocenters. The molecule has 1 N–H and O–H groups in total. The van der Waals surface area contributed by atoms with Crippen LogP contribution in [0.2, 0.25) is 0 Å². The van der Waals surface area contributed by atoms with Crippen LogP contribution < -0.4 is 4.74 Å². The van der Waals surface area contributed by atoms with Crippen molar-refractivity contribution in [3.8, 4) is 11.5 Å². The van der Waals surface area contributed by atoms with Gasteiger partial charge in [0.15, 0.2) is 0 Å². The molecule has 0 radical (unpaired) electrons. The van der Waals surface area contributed by atoms with Crippen LogP contribution in [0.25, 0.3) is 0 Å². The van der Waals surface area contributed by atoms with Crippen LogP contribution in [-0.2, 0) is 0 Å². The minimum atomic E-state index is -0.131. The van der Waals surface area contributed by atoms with E-state index in [1.807, 2.05) is 6.07 Å². The second-order valence-corrected chi connectivity index (χ2v) is 3.76. The quantitative estimate of drug-likeness (QED) is 0.796. The van der Waals surface area contributed by atoms with E-state index in [-0.39, 0.29) is 11.4 Å². The van der Waals surface area contributed by atoms with E-state index in [0.717, 1.165) is 18.6 Å². The summed E-state index contributed by atoms with van der Waals surface area (Å²) in [5.41, 5.74) is -0.131. The van der Waals surface area contributed by atoms with E-state index >= 15 is 0 Å². The molecule has 14 heavy (non-hydrogen) atoms. The van der Waals surface area contributed by atoms with E-state index in [9.17, 15) is 5.11 Å². The molecule has 0 saturated heterocycles. The van der Waals surface area contributed by atoms with Crippen LogP contribution in [0.5, 0.6) is 11.5 Å². The summed E-state index contributed by atoms with van der Waals surface area (Å²) in [6, 6.07) is 6.94. The third-order valence-corrected chi connectivity index (χ3v) is 2.68. The average Bonchev–Trinajstić information content (AvgIpc) is 2.18. The number of aromatic hydroxyl groups is 1. The zero-order valence-corrected chi connectivity index (χ0v) is 9.08. The fourth-order valence-corrected chi connectivity index (χ4v) is 1.23. The molecule has 0 bridgehead atoms. The van der Waals surface area contributed by atoms with Gasteiger partial charge in [0.05, 0.1) is 0 Å². The van der Waals surface area contributed by atoms with Crippen LogP contribution in [0, 0.1) is 0 Å². The van der Waals surface area contributed by atoms with Gasteiger partial charge in [0, 0.05) is 6.07 Å². The van der Waals surface area contributed by atoms with Gasteiger partial charge >= 0.3 is 0 Å². The Bertz CT molecular complexity index is 290. The lowest BCUT2D eigenvalue weighted by Gasteiger charge is -2.28. The van der Waals surface area contributed by atoms with Gasteiger partial charge in [-0.05, 0) is 31.9 Å². The smallest absolute Gasteiger partial charge is 0.123 e. The van der Waals surface area contributed by atoms with Gasteiger partial charge in [0.2, 0.25) is 0 Å². The van der Waals surface area contributed by atoms with Crippen LogP contribution in [0.4, 0.5) is 0 Å². The van der Waals surface area contributed by atoms with Crippen molar-refractivity contribution in [2.24, 2.45) is 0 Å². The molecule has 1 aromatic rings. The summed E-state index contributed by atoms with van der Waals surface area (Å²) < 4.78 is 5.82. The minimum absolute atomic E-state index is 0.131. The number of rotatable bonds is 4. The summed E-state index contributed by atoms with van der Waals surface area (Å²) in [5.74, 6) is 0.980. The van der Waals surface area contributed by atoms with Crippen molar-refractivity contribution in [3.63, 3.8) is 0 Å². The average molecular weight is 194 g/mol. The van der Waals surface area contributed by atoms with Gasteiger partial charge < -0.3 is 9.84 Å². The predicted molar refractivity (Wildman–Crippen MR) is 57.7 cm³/mol. The van der Waals surface area contributed by atoms with Gasteiger partial charge in [0.25, 0.3) is 0 Å². The van der Waals surface area contributed by atoms with Gasteiger partial charge in [-0.25, -0.2) is 0 Å². The van der Waals surface area contributed by atoms with Crippen LogP contribution in [0.15, 0.2) is 24.3 Å². The Morgan fingerprint density at radius 1 is 1.29 bits per heavy atom. The van der Waals surface area contributed by atoms with E-state index in [1.165, 1.54) is 0 Å². The van der Waals surface area contributed by atoms with Crippen molar-refractivity contribution >= 4 is 0 Å². The second kappa shape index (κ2) is 4.36. The van der Waals surface area contributed by atoms with E-state index in [4.69, 9.17) is 4.74 Å². The molecule has 0 spiro atoms. The van der Waals surface area contributed by atoms with Crippen molar-refractivity contribution in [3.05, 3.63) is 24.3 Å². The Hall–Kier alpha value is -1.18. The molecule has 0 amide bonds. The molecule has 78 valence electrons. The molecular formula is C12H18O2. The Balaban J connectivity index is 2.77. The number of hydrogen-bond acceptors (Lipinski definition) is 2. The summed E-state index contributed by atoms with van der Waals surface area (Å²) in [7, 11) is 0. The van der Waals surface area contributed by atoms with Gasteiger partial charge in [-0.2, -0.15) is 0 Å². The van der Waals surface area contributed by atoms with E-state index in [0.29, 0.717) is 0 Å². The summed E-state index contributed by atoms with van der Waals surface area (Å²) in [4.78, 5) is 0. The lowest BCUT2D eigenvalue weighted by Crippen LogP contribution is -2.30. The molecule has 2 heteroatoms. The van der Waals surface area contributed by atoms with Crippen molar-refractivity contribution < 1.29 is 9.84 Å². The maximum Gasteiger partial charge on any atom is 0.123 e. The SMILES string of the molecule is CCC(C)(CC)Oc1cccc(O)c1. The van der Waals surface area contributed by atoms with Crippen LogP contribution in [-0.4, -0.2) is 10.7 Å². The molecule has 1 rings (SSSR count). The first-order chi connectivity index (χ1) is 6.59. The predicted octanol–water partition coefficient (Wildman–Crippen LogP) is 3.35. The highest BCUT2D eigenvalue weighted by Gasteiger charge is 2.21. The molecule has 0 aliphatic heterocycles. The monoisotopic (exact) mass is 194 g/mol. The Labute approximate surface area is 85.5 Å². The van der Waals surface area contributed by atoms with Crippen molar-refractivity contribution in [1.82, 2.24) is 0 Å². The Morgan fingerprint density at radius 3 is 2.43 bits per heavy atom. The number of ether oxygens (including phenoxy) is 1. The number of benzene rings is 1. The zero-order valence-electron chi connectivity index (χ0n) is 9.08.